The number of amides is 2. The van der Waals surface area contributed by atoms with Gasteiger partial charge in [0.2, 0.25) is 0 Å². The Morgan fingerprint density at radius 2 is 2.20 bits per heavy atom. The fourth-order valence-corrected chi connectivity index (χ4v) is 3.57. The van der Waals surface area contributed by atoms with Gasteiger partial charge < -0.3 is 14.6 Å². The average molecular weight is 344 g/mol. The number of rotatable bonds is 6. The third kappa shape index (κ3) is 3.43. The van der Waals surface area contributed by atoms with Crippen LogP contribution in [0.5, 0.6) is 0 Å². The lowest BCUT2D eigenvalue weighted by Gasteiger charge is -2.30. The van der Waals surface area contributed by atoms with E-state index in [1.54, 1.807) is 6.26 Å². The molecule has 25 heavy (non-hydrogen) atoms. The van der Waals surface area contributed by atoms with Gasteiger partial charge in [0.15, 0.2) is 0 Å². The molecule has 3 rings (SSSR count). The average Bonchev–Trinajstić information content (AvgIpc) is 3.17. The van der Waals surface area contributed by atoms with Crippen molar-refractivity contribution >= 4 is 6.03 Å². The Kier molecular flexibility index (Phi) is 4.88. The molecule has 2 aromatic heterocycles. The quantitative estimate of drug-likeness (QED) is 0.861. The Morgan fingerprint density at radius 1 is 1.48 bits per heavy atom. The first-order chi connectivity index (χ1) is 11.9. The van der Waals surface area contributed by atoms with Crippen LogP contribution in [0, 0.1) is 13.8 Å². The van der Waals surface area contributed by atoms with E-state index < -0.39 is 0 Å². The van der Waals surface area contributed by atoms with Crippen molar-refractivity contribution in [3.63, 3.8) is 0 Å². The Morgan fingerprint density at radius 3 is 2.68 bits per heavy atom. The number of hydrogen-bond donors (Lipinski definition) is 1. The van der Waals surface area contributed by atoms with Crippen molar-refractivity contribution in [1.82, 2.24) is 20.0 Å². The number of nitrogens with one attached hydrogen (secondary N) is 1. The van der Waals surface area contributed by atoms with E-state index in [1.807, 2.05) is 49.5 Å². The van der Waals surface area contributed by atoms with Crippen LogP contribution in [-0.2, 0) is 7.05 Å². The Balaban J connectivity index is 1.80. The van der Waals surface area contributed by atoms with Crippen LogP contribution in [0.15, 0.2) is 22.8 Å². The van der Waals surface area contributed by atoms with E-state index in [0.717, 1.165) is 42.0 Å². The fraction of sp³-hybridized carbons (Fsp3) is 0.579. The first-order valence-corrected chi connectivity index (χ1v) is 9.06. The molecular weight excluding hydrogens is 316 g/mol. The minimum absolute atomic E-state index is 0.0269. The van der Waals surface area contributed by atoms with Crippen LogP contribution in [-0.4, -0.2) is 26.8 Å². The molecule has 1 fully saturated rings. The number of carbonyl (C=O) groups is 1. The zero-order valence-corrected chi connectivity index (χ0v) is 15.7. The molecule has 0 unspecified atom stereocenters. The smallest absolute Gasteiger partial charge is 0.318 e. The monoisotopic (exact) mass is 344 g/mol. The highest BCUT2D eigenvalue weighted by Crippen LogP contribution is 2.35. The number of furan rings is 1. The first kappa shape index (κ1) is 17.6. The summed E-state index contributed by atoms with van der Waals surface area (Å²) >= 11 is 0. The van der Waals surface area contributed by atoms with Crippen molar-refractivity contribution in [3.05, 3.63) is 41.1 Å². The van der Waals surface area contributed by atoms with Gasteiger partial charge in [0.25, 0.3) is 0 Å². The topological polar surface area (TPSA) is 63.3 Å². The summed E-state index contributed by atoms with van der Waals surface area (Å²) in [4.78, 5) is 15.0. The highest BCUT2D eigenvalue weighted by Gasteiger charge is 2.38. The molecule has 1 saturated carbocycles. The Labute approximate surface area is 149 Å². The first-order valence-electron chi connectivity index (χ1n) is 9.06. The predicted octanol–water partition coefficient (Wildman–Crippen LogP) is 4.02. The summed E-state index contributed by atoms with van der Waals surface area (Å²) in [6.45, 7) is 8.17. The maximum absolute atomic E-state index is 13.1. The lowest BCUT2D eigenvalue weighted by molar-refractivity contribution is 0.162. The van der Waals surface area contributed by atoms with Gasteiger partial charge in [-0.15, -0.1) is 0 Å². The van der Waals surface area contributed by atoms with Crippen molar-refractivity contribution in [2.24, 2.45) is 7.05 Å². The van der Waals surface area contributed by atoms with Gasteiger partial charge in [-0.3, -0.25) is 4.68 Å². The molecule has 136 valence electrons. The molecule has 1 aliphatic carbocycles. The summed E-state index contributed by atoms with van der Waals surface area (Å²) in [5.41, 5.74) is 3.20. The molecule has 2 heterocycles. The molecule has 1 aliphatic rings. The molecule has 2 aromatic rings. The SMILES string of the molecule is CC[C@@H](NC(=O)N(C1CC1)[C@@H](C)c1ccco1)c1c(C)nn(C)c1C. The normalized spacial score (nSPS) is 16.5. The second-order valence-corrected chi connectivity index (χ2v) is 6.95. The molecule has 0 spiro atoms. The van der Waals surface area contributed by atoms with Crippen LogP contribution in [0.4, 0.5) is 4.79 Å². The summed E-state index contributed by atoms with van der Waals surface area (Å²) in [7, 11) is 1.94. The molecule has 0 radical (unpaired) electrons. The van der Waals surface area contributed by atoms with Crippen LogP contribution in [0.1, 0.15) is 67.9 Å². The number of hydrogen-bond acceptors (Lipinski definition) is 3. The summed E-state index contributed by atoms with van der Waals surface area (Å²) in [6.07, 6.45) is 4.60. The minimum atomic E-state index is -0.0731. The van der Waals surface area contributed by atoms with E-state index in [4.69, 9.17) is 4.42 Å². The van der Waals surface area contributed by atoms with Crippen LogP contribution < -0.4 is 5.32 Å². The molecule has 6 nitrogen and oxygen atoms in total. The standard InChI is InChI=1S/C19H28N4O2/c1-6-16(18-12(2)21-22(5)14(18)4)20-19(24)23(15-9-10-15)13(3)17-8-7-11-25-17/h7-8,11,13,15-16H,6,9-10H2,1-5H3,(H,20,24)/t13-,16+/m0/s1. The third-order valence-electron chi connectivity index (χ3n) is 5.17. The second kappa shape index (κ2) is 6.94. The third-order valence-corrected chi connectivity index (χ3v) is 5.17. The van der Waals surface area contributed by atoms with Gasteiger partial charge in [0, 0.05) is 24.3 Å². The Hall–Kier alpha value is -2.24. The summed E-state index contributed by atoms with van der Waals surface area (Å²) in [5.74, 6) is 0.823. The van der Waals surface area contributed by atoms with Crippen molar-refractivity contribution in [3.8, 4) is 0 Å². The number of nitrogens with zero attached hydrogens (tertiary/aromatic N) is 3. The van der Waals surface area contributed by atoms with E-state index >= 15 is 0 Å². The van der Waals surface area contributed by atoms with Crippen LogP contribution in [0.25, 0.3) is 0 Å². The molecule has 0 aromatic carbocycles. The molecule has 6 heteroatoms. The molecule has 2 amide bonds. The number of urea groups is 1. The minimum Gasteiger partial charge on any atom is -0.467 e. The lowest BCUT2D eigenvalue weighted by atomic mass is 10.0. The van der Waals surface area contributed by atoms with Gasteiger partial charge >= 0.3 is 6.03 Å². The van der Waals surface area contributed by atoms with Gasteiger partial charge in [-0.25, -0.2) is 4.79 Å². The molecule has 0 saturated heterocycles. The van der Waals surface area contributed by atoms with Gasteiger partial charge in [-0.1, -0.05) is 6.92 Å². The maximum atomic E-state index is 13.1. The lowest BCUT2D eigenvalue weighted by Crippen LogP contribution is -2.44. The van der Waals surface area contributed by atoms with E-state index in [0.29, 0.717) is 6.04 Å². The number of carbonyl (C=O) groups excluding carboxylic acids is 1. The van der Waals surface area contributed by atoms with Crippen LogP contribution >= 0.6 is 0 Å². The molecule has 2 atom stereocenters. The summed E-state index contributed by atoms with van der Waals surface area (Å²) in [6, 6.07) is 3.96. The Bertz CT molecular complexity index is 731. The maximum Gasteiger partial charge on any atom is 0.318 e. The zero-order valence-electron chi connectivity index (χ0n) is 15.7. The van der Waals surface area contributed by atoms with E-state index in [-0.39, 0.29) is 18.1 Å². The van der Waals surface area contributed by atoms with Gasteiger partial charge in [-0.2, -0.15) is 5.10 Å². The predicted molar refractivity (Wildman–Crippen MR) is 96.2 cm³/mol. The van der Waals surface area contributed by atoms with Crippen LogP contribution in [0.2, 0.25) is 0 Å². The number of aryl methyl sites for hydroxylation is 2. The van der Waals surface area contributed by atoms with Gasteiger partial charge in [0.1, 0.15) is 5.76 Å². The van der Waals surface area contributed by atoms with Crippen molar-refractivity contribution in [1.29, 1.82) is 0 Å². The molecule has 0 bridgehead atoms. The highest BCUT2D eigenvalue weighted by molar-refractivity contribution is 5.76. The van der Waals surface area contributed by atoms with Crippen molar-refractivity contribution in [2.45, 2.75) is 65.1 Å². The van der Waals surface area contributed by atoms with E-state index in [1.165, 1.54) is 0 Å². The number of aromatic nitrogens is 2. The zero-order chi connectivity index (χ0) is 18.1. The van der Waals surface area contributed by atoms with Gasteiger partial charge in [0.05, 0.1) is 24.0 Å². The summed E-state index contributed by atoms with van der Waals surface area (Å²) < 4.78 is 7.41. The van der Waals surface area contributed by atoms with Crippen LogP contribution in [0.3, 0.4) is 0 Å². The van der Waals surface area contributed by atoms with Crippen molar-refractivity contribution in [2.75, 3.05) is 0 Å². The van der Waals surface area contributed by atoms with Gasteiger partial charge in [-0.05, 0) is 52.2 Å². The largest absolute Gasteiger partial charge is 0.467 e. The van der Waals surface area contributed by atoms with Crippen molar-refractivity contribution < 1.29 is 9.21 Å². The molecule has 1 N–H and O–H groups in total. The molecule has 0 aliphatic heterocycles. The summed E-state index contributed by atoms with van der Waals surface area (Å²) in [5, 5.41) is 7.73. The molecular formula is C19H28N4O2. The van der Waals surface area contributed by atoms with E-state index in [9.17, 15) is 4.79 Å². The second-order valence-electron chi connectivity index (χ2n) is 6.95. The highest BCUT2D eigenvalue weighted by atomic mass is 16.3. The van der Waals surface area contributed by atoms with E-state index in [2.05, 4.69) is 17.3 Å². The fourth-order valence-electron chi connectivity index (χ4n) is 3.57.